The zero-order chi connectivity index (χ0) is 11.1. The van der Waals surface area contributed by atoms with E-state index in [1.54, 1.807) is 6.92 Å². The van der Waals surface area contributed by atoms with Crippen molar-refractivity contribution in [1.82, 2.24) is 5.32 Å². The van der Waals surface area contributed by atoms with Crippen molar-refractivity contribution in [1.29, 1.82) is 0 Å². The lowest BCUT2D eigenvalue weighted by Crippen LogP contribution is -2.20. The third-order valence-electron chi connectivity index (χ3n) is 2.16. The summed E-state index contributed by atoms with van der Waals surface area (Å²) in [5, 5.41) is 3.25. The smallest absolute Gasteiger partial charge is 0.131 e. The SMILES string of the molecule is CC(=O)CCNCCc1ccc(Br)cc1. The summed E-state index contributed by atoms with van der Waals surface area (Å²) in [7, 11) is 0. The van der Waals surface area contributed by atoms with Crippen LogP contribution in [0.15, 0.2) is 28.7 Å². The van der Waals surface area contributed by atoms with Crippen LogP contribution < -0.4 is 5.32 Å². The van der Waals surface area contributed by atoms with E-state index in [0.717, 1.165) is 24.0 Å². The molecule has 0 saturated carbocycles. The molecule has 0 spiro atoms. The van der Waals surface area contributed by atoms with E-state index in [9.17, 15) is 4.79 Å². The molecule has 1 N–H and O–H groups in total. The minimum absolute atomic E-state index is 0.242. The Morgan fingerprint density at radius 3 is 2.53 bits per heavy atom. The minimum atomic E-state index is 0.242. The molecule has 0 atom stereocenters. The highest BCUT2D eigenvalue weighted by molar-refractivity contribution is 9.10. The zero-order valence-corrected chi connectivity index (χ0v) is 10.5. The van der Waals surface area contributed by atoms with Crippen LogP contribution >= 0.6 is 15.9 Å². The molecule has 0 saturated heterocycles. The molecule has 1 aromatic carbocycles. The summed E-state index contributed by atoms with van der Waals surface area (Å²) in [5.41, 5.74) is 1.31. The second-order valence-electron chi connectivity index (χ2n) is 3.58. The van der Waals surface area contributed by atoms with Gasteiger partial charge in [0.15, 0.2) is 0 Å². The monoisotopic (exact) mass is 269 g/mol. The first-order chi connectivity index (χ1) is 7.18. The van der Waals surface area contributed by atoms with E-state index >= 15 is 0 Å². The highest BCUT2D eigenvalue weighted by Crippen LogP contribution is 2.10. The molecule has 1 rings (SSSR count). The number of carbonyl (C=O) groups excluding carboxylic acids is 1. The molecule has 0 radical (unpaired) electrons. The highest BCUT2D eigenvalue weighted by Gasteiger charge is 1.94. The van der Waals surface area contributed by atoms with E-state index in [2.05, 4.69) is 33.4 Å². The molecule has 82 valence electrons. The first-order valence-corrected chi connectivity index (χ1v) is 5.92. The zero-order valence-electron chi connectivity index (χ0n) is 8.92. The second-order valence-corrected chi connectivity index (χ2v) is 4.49. The number of benzene rings is 1. The Morgan fingerprint density at radius 1 is 1.27 bits per heavy atom. The maximum absolute atomic E-state index is 10.7. The third kappa shape index (κ3) is 5.70. The molecule has 0 heterocycles. The average Bonchev–Trinajstić information content (AvgIpc) is 2.20. The van der Waals surface area contributed by atoms with E-state index in [0.29, 0.717) is 6.42 Å². The van der Waals surface area contributed by atoms with Crippen molar-refractivity contribution < 1.29 is 4.79 Å². The Kier molecular flexibility index (Phi) is 5.58. The first-order valence-electron chi connectivity index (χ1n) is 5.13. The number of ketones is 1. The number of nitrogens with one attached hydrogen (secondary N) is 1. The molecule has 0 aliphatic carbocycles. The summed E-state index contributed by atoms with van der Waals surface area (Å²) in [5.74, 6) is 0.242. The van der Waals surface area contributed by atoms with Gasteiger partial charge in [-0.3, -0.25) is 4.79 Å². The van der Waals surface area contributed by atoms with Gasteiger partial charge in [-0.2, -0.15) is 0 Å². The van der Waals surface area contributed by atoms with Crippen LogP contribution in [-0.2, 0) is 11.2 Å². The lowest BCUT2D eigenvalue weighted by molar-refractivity contribution is -0.116. The Hall–Kier alpha value is -0.670. The Balaban J connectivity index is 2.15. The maximum Gasteiger partial charge on any atom is 0.131 e. The Labute approximate surface area is 99.2 Å². The number of Topliss-reactive ketones (excluding diaryl/α,β-unsaturated/α-hetero) is 1. The van der Waals surface area contributed by atoms with Gasteiger partial charge in [0.05, 0.1) is 0 Å². The van der Waals surface area contributed by atoms with Crippen molar-refractivity contribution in [2.45, 2.75) is 19.8 Å². The summed E-state index contributed by atoms with van der Waals surface area (Å²) >= 11 is 3.40. The molecule has 1 aromatic rings. The molecule has 0 aromatic heterocycles. The van der Waals surface area contributed by atoms with Crippen LogP contribution in [0.25, 0.3) is 0 Å². The molecular weight excluding hydrogens is 254 g/mol. The van der Waals surface area contributed by atoms with Crippen LogP contribution in [0.4, 0.5) is 0 Å². The van der Waals surface area contributed by atoms with Gasteiger partial charge in [-0.05, 0) is 37.6 Å². The van der Waals surface area contributed by atoms with Crippen LogP contribution in [0.1, 0.15) is 18.9 Å². The first kappa shape index (κ1) is 12.4. The van der Waals surface area contributed by atoms with Crippen LogP contribution in [-0.4, -0.2) is 18.9 Å². The topological polar surface area (TPSA) is 29.1 Å². The van der Waals surface area contributed by atoms with E-state index < -0.39 is 0 Å². The molecule has 0 aliphatic rings. The van der Waals surface area contributed by atoms with E-state index in [4.69, 9.17) is 0 Å². The largest absolute Gasteiger partial charge is 0.316 e. The fourth-order valence-corrected chi connectivity index (χ4v) is 1.54. The fourth-order valence-electron chi connectivity index (χ4n) is 1.27. The van der Waals surface area contributed by atoms with E-state index in [1.807, 2.05) is 12.1 Å². The summed E-state index contributed by atoms with van der Waals surface area (Å²) in [4.78, 5) is 10.7. The number of halogens is 1. The molecule has 2 nitrogen and oxygen atoms in total. The van der Waals surface area contributed by atoms with Crippen molar-refractivity contribution >= 4 is 21.7 Å². The average molecular weight is 270 g/mol. The predicted octanol–water partition coefficient (Wildman–Crippen LogP) is 2.56. The number of rotatable bonds is 6. The predicted molar refractivity (Wildman–Crippen MR) is 66.0 cm³/mol. The molecule has 0 unspecified atom stereocenters. The Morgan fingerprint density at radius 2 is 1.93 bits per heavy atom. The Bertz CT molecular complexity index is 308. The van der Waals surface area contributed by atoms with Crippen LogP contribution in [0.5, 0.6) is 0 Å². The number of hydrogen-bond donors (Lipinski definition) is 1. The molecular formula is C12H16BrNO. The maximum atomic E-state index is 10.7. The second kappa shape index (κ2) is 6.75. The highest BCUT2D eigenvalue weighted by atomic mass is 79.9. The van der Waals surface area contributed by atoms with Gasteiger partial charge in [0.25, 0.3) is 0 Å². The van der Waals surface area contributed by atoms with Crippen LogP contribution in [0.3, 0.4) is 0 Å². The standard InChI is InChI=1S/C12H16BrNO/c1-10(15)6-8-14-9-7-11-2-4-12(13)5-3-11/h2-5,14H,6-9H2,1H3. The lowest BCUT2D eigenvalue weighted by atomic mass is 10.1. The van der Waals surface area contributed by atoms with Gasteiger partial charge >= 0.3 is 0 Å². The van der Waals surface area contributed by atoms with Gasteiger partial charge in [-0.25, -0.2) is 0 Å². The van der Waals surface area contributed by atoms with Crippen molar-refractivity contribution in [3.8, 4) is 0 Å². The quantitative estimate of drug-likeness (QED) is 0.805. The molecule has 3 heteroatoms. The van der Waals surface area contributed by atoms with Gasteiger partial charge in [0.2, 0.25) is 0 Å². The normalized spacial score (nSPS) is 10.3. The molecule has 0 bridgehead atoms. The van der Waals surface area contributed by atoms with Gasteiger partial charge in [0, 0.05) is 17.4 Å². The summed E-state index contributed by atoms with van der Waals surface area (Å²) < 4.78 is 1.11. The van der Waals surface area contributed by atoms with Gasteiger partial charge in [-0.15, -0.1) is 0 Å². The van der Waals surface area contributed by atoms with E-state index in [-0.39, 0.29) is 5.78 Å². The van der Waals surface area contributed by atoms with Crippen LogP contribution in [0.2, 0.25) is 0 Å². The fraction of sp³-hybridized carbons (Fsp3) is 0.417. The van der Waals surface area contributed by atoms with Gasteiger partial charge < -0.3 is 5.32 Å². The van der Waals surface area contributed by atoms with Crippen molar-refractivity contribution in [2.24, 2.45) is 0 Å². The van der Waals surface area contributed by atoms with E-state index in [1.165, 1.54) is 5.56 Å². The van der Waals surface area contributed by atoms with Gasteiger partial charge in [0.1, 0.15) is 5.78 Å². The molecule has 15 heavy (non-hydrogen) atoms. The third-order valence-corrected chi connectivity index (χ3v) is 2.69. The van der Waals surface area contributed by atoms with Crippen LogP contribution in [0, 0.1) is 0 Å². The molecule has 0 fully saturated rings. The van der Waals surface area contributed by atoms with Crippen molar-refractivity contribution in [3.63, 3.8) is 0 Å². The van der Waals surface area contributed by atoms with Crippen molar-refractivity contribution in [3.05, 3.63) is 34.3 Å². The number of hydrogen-bond acceptors (Lipinski definition) is 2. The molecule has 0 amide bonds. The minimum Gasteiger partial charge on any atom is -0.316 e. The number of carbonyl (C=O) groups is 1. The van der Waals surface area contributed by atoms with Crippen molar-refractivity contribution in [2.75, 3.05) is 13.1 Å². The lowest BCUT2D eigenvalue weighted by Gasteiger charge is -2.03. The summed E-state index contributed by atoms with van der Waals surface area (Å²) in [6, 6.07) is 8.31. The molecule has 0 aliphatic heterocycles. The summed E-state index contributed by atoms with van der Waals surface area (Å²) in [6.07, 6.45) is 1.63. The summed E-state index contributed by atoms with van der Waals surface area (Å²) in [6.45, 7) is 3.33. The van der Waals surface area contributed by atoms with Gasteiger partial charge in [-0.1, -0.05) is 28.1 Å².